The second kappa shape index (κ2) is 8.60. The number of rotatable bonds is 4. The number of anilines is 2. The van der Waals surface area contributed by atoms with Gasteiger partial charge in [-0.1, -0.05) is 6.07 Å². The fraction of sp³-hybridized carbons (Fsp3) is 0.278. The molecule has 1 atom stereocenters. The van der Waals surface area contributed by atoms with Gasteiger partial charge in [0.2, 0.25) is 5.91 Å². The Bertz CT molecular complexity index is 746. The molecule has 3 rings (SSSR count). The molecule has 132 valence electrons. The van der Waals surface area contributed by atoms with Crippen molar-refractivity contribution in [1.82, 2.24) is 10.3 Å². The maximum Gasteiger partial charge on any atom is 0.255 e. The summed E-state index contributed by atoms with van der Waals surface area (Å²) in [5.41, 5.74) is 2.81. The highest BCUT2D eigenvalue weighted by Gasteiger charge is 2.22. The summed E-state index contributed by atoms with van der Waals surface area (Å²) in [6, 6.07) is 8.66. The van der Waals surface area contributed by atoms with Gasteiger partial charge in [0.1, 0.15) is 0 Å². The summed E-state index contributed by atoms with van der Waals surface area (Å²) >= 11 is 0. The number of hydrogen-bond donors (Lipinski definition) is 3. The van der Waals surface area contributed by atoms with Crippen LogP contribution in [0.25, 0.3) is 0 Å². The standard InChI is InChI=1S/C18H20N4O2.ClH/c1-12-4-5-14(21-18(24)15-3-2-8-20-15)11-16(12)22-17(23)13-6-9-19-10-7-13;/h4-7,9-11,15,20H,2-3,8H2,1H3,(H,21,24)(H,22,23);1H. The zero-order valence-corrected chi connectivity index (χ0v) is 14.7. The van der Waals surface area contributed by atoms with E-state index in [0.29, 0.717) is 16.9 Å². The van der Waals surface area contributed by atoms with E-state index < -0.39 is 0 Å². The number of nitrogens with zero attached hydrogens (tertiary/aromatic N) is 1. The molecule has 1 aliphatic rings. The van der Waals surface area contributed by atoms with Gasteiger partial charge in [0.05, 0.1) is 6.04 Å². The average molecular weight is 361 g/mol. The molecule has 2 heterocycles. The van der Waals surface area contributed by atoms with Gasteiger partial charge in [0, 0.05) is 29.3 Å². The van der Waals surface area contributed by atoms with E-state index in [9.17, 15) is 9.59 Å². The van der Waals surface area contributed by atoms with Crippen LogP contribution < -0.4 is 16.0 Å². The summed E-state index contributed by atoms with van der Waals surface area (Å²) in [5.74, 6) is -0.246. The minimum atomic E-state index is -0.207. The molecule has 1 saturated heterocycles. The summed E-state index contributed by atoms with van der Waals surface area (Å²) in [6.45, 7) is 2.78. The molecule has 1 unspecified atom stereocenters. The number of amides is 2. The highest BCUT2D eigenvalue weighted by molar-refractivity contribution is 6.05. The molecule has 1 aromatic carbocycles. The fourth-order valence-electron chi connectivity index (χ4n) is 2.67. The quantitative estimate of drug-likeness (QED) is 0.782. The van der Waals surface area contributed by atoms with E-state index >= 15 is 0 Å². The first-order chi connectivity index (χ1) is 11.6. The minimum Gasteiger partial charge on any atom is -0.325 e. The van der Waals surface area contributed by atoms with Crippen molar-refractivity contribution in [2.45, 2.75) is 25.8 Å². The second-order valence-corrected chi connectivity index (χ2v) is 5.86. The molecule has 2 aromatic rings. The Hall–Kier alpha value is -2.44. The van der Waals surface area contributed by atoms with E-state index in [0.717, 1.165) is 24.9 Å². The predicted octanol–water partition coefficient (Wildman–Crippen LogP) is 2.75. The van der Waals surface area contributed by atoms with Crippen molar-refractivity contribution in [3.63, 3.8) is 0 Å². The van der Waals surface area contributed by atoms with Crippen LogP contribution in [0.5, 0.6) is 0 Å². The van der Waals surface area contributed by atoms with Crippen LogP contribution in [0.3, 0.4) is 0 Å². The highest BCUT2D eigenvalue weighted by atomic mass is 35.5. The first-order valence-corrected chi connectivity index (χ1v) is 8.00. The van der Waals surface area contributed by atoms with Crippen LogP contribution >= 0.6 is 12.4 Å². The van der Waals surface area contributed by atoms with Crippen LogP contribution in [0.1, 0.15) is 28.8 Å². The lowest BCUT2D eigenvalue weighted by Gasteiger charge is -2.14. The molecule has 0 spiro atoms. The van der Waals surface area contributed by atoms with Crippen molar-refractivity contribution in [2.75, 3.05) is 17.2 Å². The van der Waals surface area contributed by atoms with Crippen molar-refractivity contribution in [3.05, 3.63) is 53.9 Å². The van der Waals surface area contributed by atoms with Gasteiger partial charge in [-0.2, -0.15) is 0 Å². The Balaban J connectivity index is 0.00000225. The van der Waals surface area contributed by atoms with E-state index in [2.05, 4.69) is 20.9 Å². The molecule has 0 aliphatic carbocycles. The first-order valence-electron chi connectivity index (χ1n) is 8.00. The molecule has 6 nitrogen and oxygen atoms in total. The third kappa shape index (κ3) is 4.78. The maximum absolute atomic E-state index is 12.3. The summed E-state index contributed by atoms with van der Waals surface area (Å²) in [4.78, 5) is 28.4. The third-order valence-corrected chi connectivity index (χ3v) is 4.07. The molecule has 0 radical (unpaired) electrons. The Morgan fingerprint density at radius 1 is 1.16 bits per heavy atom. The summed E-state index contributed by atoms with van der Waals surface area (Å²) < 4.78 is 0. The largest absolute Gasteiger partial charge is 0.325 e. The number of aromatic nitrogens is 1. The molecule has 0 saturated carbocycles. The number of carbonyl (C=O) groups excluding carboxylic acids is 2. The number of halogens is 1. The van der Waals surface area contributed by atoms with Crippen molar-refractivity contribution >= 4 is 35.6 Å². The van der Waals surface area contributed by atoms with Crippen molar-refractivity contribution in [3.8, 4) is 0 Å². The van der Waals surface area contributed by atoms with Crippen LogP contribution in [-0.4, -0.2) is 29.4 Å². The second-order valence-electron chi connectivity index (χ2n) is 5.86. The maximum atomic E-state index is 12.3. The molecule has 1 fully saturated rings. The molecule has 3 N–H and O–H groups in total. The van der Waals surface area contributed by atoms with Crippen LogP contribution in [0.2, 0.25) is 0 Å². The number of nitrogens with one attached hydrogen (secondary N) is 3. The van der Waals surface area contributed by atoms with Gasteiger partial charge in [-0.25, -0.2) is 0 Å². The zero-order chi connectivity index (χ0) is 16.9. The highest BCUT2D eigenvalue weighted by Crippen LogP contribution is 2.21. The number of carbonyl (C=O) groups is 2. The van der Waals surface area contributed by atoms with Crippen molar-refractivity contribution < 1.29 is 9.59 Å². The number of aryl methyl sites for hydroxylation is 1. The van der Waals surface area contributed by atoms with Crippen LogP contribution in [0, 0.1) is 6.92 Å². The van der Waals surface area contributed by atoms with Gasteiger partial charge in [-0.05, 0) is 56.1 Å². The zero-order valence-electron chi connectivity index (χ0n) is 13.9. The SMILES string of the molecule is Cc1ccc(NC(=O)C2CCCN2)cc1NC(=O)c1ccncc1.Cl. The van der Waals surface area contributed by atoms with E-state index in [1.807, 2.05) is 19.1 Å². The van der Waals surface area contributed by atoms with Crippen molar-refractivity contribution in [1.29, 1.82) is 0 Å². The lowest BCUT2D eigenvalue weighted by Crippen LogP contribution is -2.35. The number of pyridine rings is 1. The van der Waals surface area contributed by atoms with Gasteiger partial charge in [0.25, 0.3) is 5.91 Å². The van der Waals surface area contributed by atoms with E-state index in [4.69, 9.17) is 0 Å². The molecular weight excluding hydrogens is 340 g/mol. The van der Waals surface area contributed by atoms with Gasteiger partial charge < -0.3 is 16.0 Å². The third-order valence-electron chi connectivity index (χ3n) is 4.07. The minimum absolute atomic E-state index is 0. The first kappa shape index (κ1) is 18.9. The summed E-state index contributed by atoms with van der Waals surface area (Å²) in [6.07, 6.45) is 5.02. The topological polar surface area (TPSA) is 83.1 Å². The fourth-order valence-corrected chi connectivity index (χ4v) is 2.67. The smallest absolute Gasteiger partial charge is 0.255 e. The molecule has 25 heavy (non-hydrogen) atoms. The number of benzene rings is 1. The van der Waals surface area contributed by atoms with Crippen LogP contribution in [0.15, 0.2) is 42.7 Å². The summed E-state index contributed by atoms with van der Waals surface area (Å²) in [5, 5.41) is 8.95. The molecule has 1 aromatic heterocycles. The predicted molar refractivity (Wildman–Crippen MR) is 100 cm³/mol. The molecular formula is C18H21ClN4O2. The Kier molecular flexibility index (Phi) is 6.50. The van der Waals surface area contributed by atoms with Gasteiger partial charge in [-0.3, -0.25) is 14.6 Å². The lowest BCUT2D eigenvalue weighted by atomic mass is 10.1. The number of hydrogen-bond acceptors (Lipinski definition) is 4. The van der Waals surface area contributed by atoms with Crippen LogP contribution in [0.4, 0.5) is 11.4 Å². The van der Waals surface area contributed by atoms with Gasteiger partial charge in [-0.15, -0.1) is 12.4 Å². The van der Waals surface area contributed by atoms with E-state index in [1.54, 1.807) is 30.6 Å². The molecule has 1 aliphatic heterocycles. The Labute approximate surface area is 152 Å². The normalized spacial score (nSPS) is 16.0. The molecule has 2 amide bonds. The Morgan fingerprint density at radius 2 is 1.92 bits per heavy atom. The average Bonchev–Trinajstić information content (AvgIpc) is 3.13. The molecule has 0 bridgehead atoms. The Morgan fingerprint density at radius 3 is 2.60 bits per heavy atom. The van der Waals surface area contributed by atoms with Crippen LogP contribution in [-0.2, 0) is 4.79 Å². The van der Waals surface area contributed by atoms with Gasteiger partial charge in [0.15, 0.2) is 0 Å². The lowest BCUT2D eigenvalue weighted by molar-refractivity contribution is -0.117. The van der Waals surface area contributed by atoms with E-state index in [1.165, 1.54) is 0 Å². The monoisotopic (exact) mass is 360 g/mol. The summed E-state index contributed by atoms with van der Waals surface area (Å²) in [7, 11) is 0. The molecule has 7 heteroatoms. The van der Waals surface area contributed by atoms with E-state index in [-0.39, 0.29) is 30.3 Å². The van der Waals surface area contributed by atoms with Crippen molar-refractivity contribution in [2.24, 2.45) is 0 Å². The van der Waals surface area contributed by atoms with Gasteiger partial charge >= 0.3 is 0 Å².